The molecule has 0 atom stereocenters. The van der Waals surface area contributed by atoms with Crippen LogP contribution in [0.4, 0.5) is 0 Å². The second kappa shape index (κ2) is 6.63. The van der Waals surface area contributed by atoms with Crippen molar-refractivity contribution in [2.24, 2.45) is 5.41 Å². The van der Waals surface area contributed by atoms with E-state index >= 15 is 0 Å². The zero-order chi connectivity index (χ0) is 16.4. The quantitative estimate of drug-likeness (QED) is 0.818. The molecule has 124 valence electrons. The van der Waals surface area contributed by atoms with Gasteiger partial charge in [-0.15, -0.1) is 0 Å². The molecule has 0 saturated heterocycles. The largest absolute Gasteiger partial charge is 0.396 e. The number of aryl methyl sites for hydroxylation is 2. The molecule has 23 heavy (non-hydrogen) atoms. The number of nitrogens with zero attached hydrogens (tertiary/aromatic N) is 2. The summed E-state index contributed by atoms with van der Waals surface area (Å²) in [6, 6.07) is 8.43. The number of benzene rings is 1. The van der Waals surface area contributed by atoms with Gasteiger partial charge < -0.3 is 10.4 Å². The lowest BCUT2D eigenvalue weighted by Crippen LogP contribution is -2.26. The summed E-state index contributed by atoms with van der Waals surface area (Å²) in [4.78, 5) is 0. The first-order chi connectivity index (χ1) is 11.0. The minimum absolute atomic E-state index is 0.109. The van der Waals surface area contributed by atoms with Crippen LogP contribution in [0.25, 0.3) is 0 Å². The van der Waals surface area contributed by atoms with Gasteiger partial charge in [0.1, 0.15) is 5.15 Å². The molecule has 0 unspecified atom stereocenters. The van der Waals surface area contributed by atoms with E-state index in [1.54, 1.807) is 0 Å². The van der Waals surface area contributed by atoms with E-state index in [1.807, 2.05) is 11.6 Å². The first-order valence-electron chi connectivity index (χ1n) is 8.12. The molecule has 1 aliphatic rings. The smallest absolute Gasteiger partial charge is 0.132 e. The third kappa shape index (κ3) is 3.77. The molecule has 3 rings (SSSR count). The molecule has 4 nitrogen and oxygen atoms in total. The molecule has 1 aromatic carbocycles. The molecular weight excluding hydrogens is 310 g/mol. The minimum atomic E-state index is 0.109. The van der Waals surface area contributed by atoms with Crippen LogP contribution in [0.1, 0.15) is 35.2 Å². The molecule has 1 aliphatic carbocycles. The Balaban J connectivity index is 1.65. The monoisotopic (exact) mass is 333 g/mol. The molecule has 2 aromatic rings. The molecule has 1 saturated carbocycles. The molecule has 0 spiro atoms. The van der Waals surface area contributed by atoms with Crippen molar-refractivity contribution >= 4 is 11.6 Å². The molecule has 2 N–H and O–H groups in total. The highest BCUT2D eigenvalue weighted by Gasteiger charge is 2.41. The molecule has 5 heteroatoms. The van der Waals surface area contributed by atoms with Crippen LogP contribution < -0.4 is 5.32 Å². The van der Waals surface area contributed by atoms with Crippen molar-refractivity contribution in [3.63, 3.8) is 0 Å². The van der Waals surface area contributed by atoms with Crippen molar-refractivity contribution in [1.82, 2.24) is 15.1 Å². The Morgan fingerprint density at radius 2 is 1.96 bits per heavy atom. The minimum Gasteiger partial charge on any atom is -0.396 e. The van der Waals surface area contributed by atoms with Crippen molar-refractivity contribution in [2.45, 2.75) is 39.8 Å². The molecular formula is C18H24ClN3O. The van der Waals surface area contributed by atoms with Gasteiger partial charge in [0, 0.05) is 30.7 Å². The number of aromatic nitrogens is 2. The first-order valence-corrected chi connectivity index (χ1v) is 8.50. The standard InChI is InChI=1S/C18H24ClN3O/c1-13-3-5-15(6-4-13)10-22-17(19)16(14(2)21-22)9-20-11-18(12-23)7-8-18/h3-6,20,23H,7-12H2,1-2H3. The van der Waals surface area contributed by atoms with Crippen LogP contribution in [0.5, 0.6) is 0 Å². The molecule has 0 amide bonds. The van der Waals surface area contributed by atoms with E-state index in [1.165, 1.54) is 11.1 Å². The van der Waals surface area contributed by atoms with Crippen LogP contribution in [-0.4, -0.2) is 28.0 Å². The summed E-state index contributed by atoms with van der Waals surface area (Å²) in [6.45, 7) is 6.55. The molecule has 0 radical (unpaired) electrons. The van der Waals surface area contributed by atoms with Crippen molar-refractivity contribution < 1.29 is 5.11 Å². The molecule has 1 fully saturated rings. The predicted molar refractivity (Wildman–Crippen MR) is 92.7 cm³/mol. The maximum Gasteiger partial charge on any atom is 0.132 e. The highest BCUT2D eigenvalue weighted by atomic mass is 35.5. The van der Waals surface area contributed by atoms with Crippen LogP contribution in [0, 0.1) is 19.3 Å². The topological polar surface area (TPSA) is 50.1 Å². The number of aliphatic hydroxyl groups excluding tert-OH is 1. The second-order valence-corrected chi connectivity index (χ2v) is 7.12. The van der Waals surface area contributed by atoms with E-state index in [2.05, 4.69) is 41.6 Å². The van der Waals surface area contributed by atoms with E-state index in [4.69, 9.17) is 11.6 Å². The third-order valence-electron chi connectivity index (χ3n) is 4.73. The average Bonchev–Trinajstić information content (AvgIpc) is 3.27. The van der Waals surface area contributed by atoms with Crippen LogP contribution in [0.2, 0.25) is 5.15 Å². The number of halogens is 1. The highest BCUT2D eigenvalue weighted by molar-refractivity contribution is 6.30. The third-order valence-corrected chi connectivity index (χ3v) is 5.15. The Bertz CT molecular complexity index is 674. The number of rotatable bonds is 7. The van der Waals surface area contributed by atoms with Crippen molar-refractivity contribution in [1.29, 1.82) is 0 Å². The van der Waals surface area contributed by atoms with Gasteiger partial charge >= 0.3 is 0 Å². The van der Waals surface area contributed by atoms with Crippen LogP contribution in [0.3, 0.4) is 0 Å². The van der Waals surface area contributed by atoms with E-state index in [-0.39, 0.29) is 12.0 Å². The summed E-state index contributed by atoms with van der Waals surface area (Å²) in [5.41, 5.74) is 4.56. The molecule has 0 bridgehead atoms. The Kier molecular flexibility index (Phi) is 4.76. The molecule has 1 heterocycles. The lowest BCUT2D eigenvalue weighted by molar-refractivity contribution is 0.207. The van der Waals surface area contributed by atoms with Gasteiger partial charge in [-0.2, -0.15) is 5.10 Å². The average molecular weight is 334 g/mol. The van der Waals surface area contributed by atoms with E-state index < -0.39 is 0 Å². The Morgan fingerprint density at radius 3 is 2.57 bits per heavy atom. The van der Waals surface area contributed by atoms with Crippen molar-refractivity contribution in [2.75, 3.05) is 13.2 Å². The van der Waals surface area contributed by atoms with Gasteiger partial charge in [-0.25, -0.2) is 4.68 Å². The highest BCUT2D eigenvalue weighted by Crippen LogP contribution is 2.44. The normalized spacial score (nSPS) is 15.8. The maximum atomic E-state index is 9.37. The van der Waals surface area contributed by atoms with E-state index in [0.29, 0.717) is 18.2 Å². The number of hydrogen-bond donors (Lipinski definition) is 2. The lowest BCUT2D eigenvalue weighted by atomic mass is 10.1. The summed E-state index contributed by atoms with van der Waals surface area (Å²) >= 11 is 6.52. The van der Waals surface area contributed by atoms with Gasteiger partial charge in [0.05, 0.1) is 12.2 Å². The summed E-state index contributed by atoms with van der Waals surface area (Å²) in [6.07, 6.45) is 2.21. The number of aliphatic hydroxyl groups is 1. The van der Waals surface area contributed by atoms with Gasteiger partial charge in [0.2, 0.25) is 0 Å². The fourth-order valence-electron chi connectivity index (χ4n) is 2.78. The summed E-state index contributed by atoms with van der Waals surface area (Å²) in [5.74, 6) is 0. The predicted octanol–water partition coefficient (Wildman–Crippen LogP) is 3.06. The SMILES string of the molecule is Cc1ccc(Cn2nc(C)c(CNCC3(CO)CC3)c2Cl)cc1. The Morgan fingerprint density at radius 1 is 1.26 bits per heavy atom. The number of hydrogen-bond acceptors (Lipinski definition) is 3. The molecule has 1 aromatic heterocycles. The molecule has 0 aliphatic heterocycles. The lowest BCUT2D eigenvalue weighted by Gasteiger charge is -2.12. The van der Waals surface area contributed by atoms with Gasteiger partial charge in [0.25, 0.3) is 0 Å². The summed E-state index contributed by atoms with van der Waals surface area (Å²) < 4.78 is 1.86. The van der Waals surface area contributed by atoms with Gasteiger partial charge in [-0.05, 0) is 32.3 Å². The van der Waals surface area contributed by atoms with E-state index in [0.717, 1.165) is 30.6 Å². The van der Waals surface area contributed by atoms with Gasteiger partial charge in [-0.1, -0.05) is 41.4 Å². The second-order valence-electron chi connectivity index (χ2n) is 6.76. The fraction of sp³-hybridized carbons (Fsp3) is 0.500. The van der Waals surface area contributed by atoms with Gasteiger partial charge in [-0.3, -0.25) is 0 Å². The zero-order valence-corrected chi connectivity index (χ0v) is 14.5. The fourth-order valence-corrected chi connectivity index (χ4v) is 3.08. The zero-order valence-electron chi connectivity index (χ0n) is 13.8. The van der Waals surface area contributed by atoms with Crippen LogP contribution >= 0.6 is 11.6 Å². The first kappa shape index (κ1) is 16.5. The maximum absolute atomic E-state index is 9.37. The summed E-state index contributed by atoms with van der Waals surface area (Å²) in [7, 11) is 0. The summed E-state index contributed by atoms with van der Waals surface area (Å²) in [5, 5.41) is 18.1. The number of nitrogens with one attached hydrogen (secondary N) is 1. The van der Waals surface area contributed by atoms with Crippen molar-refractivity contribution in [3.8, 4) is 0 Å². The van der Waals surface area contributed by atoms with Crippen LogP contribution in [-0.2, 0) is 13.1 Å². The van der Waals surface area contributed by atoms with Crippen molar-refractivity contribution in [3.05, 3.63) is 51.8 Å². The van der Waals surface area contributed by atoms with E-state index in [9.17, 15) is 5.11 Å². The van der Waals surface area contributed by atoms with Crippen LogP contribution in [0.15, 0.2) is 24.3 Å². The Labute approximate surface area is 142 Å². The van der Waals surface area contributed by atoms with Gasteiger partial charge in [0.15, 0.2) is 0 Å². The Hall–Kier alpha value is -1.36.